The summed E-state index contributed by atoms with van der Waals surface area (Å²) in [4.78, 5) is 5.40. The number of rotatable bonds is 30. The van der Waals surface area contributed by atoms with E-state index in [0.29, 0.717) is 6.17 Å². The van der Waals surface area contributed by atoms with E-state index in [-0.39, 0.29) is 0 Å². The molecule has 0 aliphatic carbocycles. The zero-order valence-electron chi connectivity index (χ0n) is 26.8. The van der Waals surface area contributed by atoms with Crippen molar-refractivity contribution >= 4 is 0 Å². The molecule has 38 heavy (non-hydrogen) atoms. The Kier molecular flexibility index (Phi) is 26.0. The minimum absolute atomic E-state index is 0.642. The molecule has 1 aliphatic rings. The van der Waals surface area contributed by atoms with Crippen LogP contribution in [-0.2, 0) is 0 Å². The van der Waals surface area contributed by atoms with Gasteiger partial charge in [-0.05, 0) is 25.7 Å². The molecule has 0 spiro atoms. The van der Waals surface area contributed by atoms with Crippen molar-refractivity contribution in [3.8, 4) is 0 Å². The molecule has 1 aliphatic heterocycles. The first-order chi connectivity index (χ1) is 18.8. The average molecular weight is 533 g/mol. The van der Waals surface area contributed by atoms with Gasteiger partial charge in [-0.15, -0.1) is 0 Å². The number of nitrogens with zero attached hydrogens (tertiary/aromatic N) is 2. The maximum absolute atomic E-state index is 2.70. The normalized spacial score (nSPS) is 15.3. The van der Waals surface area contributed by atoms with Crippen LogP contribution in [0.2, 0.25) is 0 Å². The third kappa shape index (κ3) is 20.3. The zero-order chi connectivity index (χ0) is 27.4. The van der Waals surface area contributed by atoms with Crippen LogP contribution in [0.15, 0.2) is 12.4 Å². The van der Waals surface area contributed by atoms with Crippen LogP contribution in [0.4, 0.5) is 0 Å². The van der Waals surface area contributed by atoms with E-state index in [4.69, 9.17) is 0 Å². The summed E-state index contributed by atoms with van der Waals surface area (Å²) in [5.41, 5.74) is 0. The Labute approximate surface area is 241 Å². The quantitative estimate of drug-likeness (QED) is 0.0848. The molecule has 1 rings (SSSR count). The standard InChI is InChI=1S/C36H72N2/c1-4-7-10-13-16-18-19-20-21-22-24-27-30-33-38-35-34-37(32-29-26-23-17-14-11-8-5-2)36(38)31-28-25-15-12-9-6-3/h34-36H,4-33H2,1-3H3. The van der Waals surface area contributed by atoms with Gasteiger partial charge >= 0.3 is 0 Å². The summed E-state index contributed by atoms with van der Waals surface area (Å²) in [6, 6.07) is 0. The lowest BCUT2D eigenvalue weighted by molar-refractivity contribution is 0.135. The van der Waals surface area contributed by atoms with E-state index in [0.717, 1.165) is 0 Å². The van der Waals surface area contributed by atoms with Gasteiger partial charge in [0.05, 0.1) is 0 Å². The Morgan fingerprint density at radius 2 is 0.605 bits per heavy atom. The van der Waals surface area contributed by atoms with E-state index >= 15 is 0 Å². The molecule has 0 fully saturated rings. The van der Waals surface area contributed by atoms with E-state index in [1.807, 2.05) is 0 Å². The van der Waals surface area contributed by atoms with Crippen LogP contribution in [0.25, 0.3) is 0 Å². The summed E-state index contributed by atoms with van der Waals surface area (Å²) >= 11 is 0. The van der Waals surface area contributed by atoms with Crippen LogP contribution in [0.5, 0.6) is 0 Å². The van der Waals surface area contributed by atoms with Crippen LogP contribution >= 0.6 is 0 Å². The molecule has 1 atom stereocenters. The van der Waals surface area contributed by atoms with Gasteiger partial charge in [0.1, 0.15) is 6.17 Å². The highest BCUT2D eigenvalue weighted by Gasteiger charge is 2.24. The molecular weight excluding hydrogens is 460 g/mol. The van der Waals surface area contributed by atoms with Gasteiger partial charge in [0.25, 0.3) is 0 Å². The summed E-state index contributed by atoms with van der Waals surface area (Å²) < 4.78 is 0. The van der Waals surface area contributed by atoms with E-state index in [1.165, 1.54) is 193 Å². The SMILES string of the molecule is CCCCCCCCCCCCCCCN1C=CN(CCCCCCCCCC)C1CCCCCCCC. The van der Waals surface area contributed by atoms with Crippen LogP contribution in [0.3, 0.4) is 0 Å². The lowest BCUT2D eigenvalue weighted by Gasteiger charge is -2.33. The summed E-state index contributed by atoms with van der Waals surface area (Å²) in [6.07, 6.45) is 45.5. The fourth-order valence-corrected chi connectivity index (χ4v) is 6.19. The van der Waals surface area contributed by atoms with Gasteiger partial charge < -0.3 is 9.80 Å². The molecule has 226 valence electrons. The second-order valence-corrected chi connectivity index (χ2v) is 12.5. The fourth-order valence-electron chi connectivity index (χ4n) is 6.19. The molecule has 0 saturated carbocycles. The van der Waals surface area contributed by atoms with Crippen molar-refractivity contribution in [2.24, 2.45) is 0 Å². The molecule has 1 unspecified atom stereocenters. The zero-order valence-corrected chi connectivity index (χ0v) is 26.8. The Bertz CT molecular complexity index is 488. The topological polar surface area (TPSA) is 6.48 Å². The maximum atomic E-state index is 2.70. The Morgan fingerprint density at radius 1 is 0.342 bits per heavy atom. The minimum Gasteiger partial charge on any atom is -0.356 e. The van der Waals surface area contributed by atoms with Crippen molar-refractivity contribution in [1.29, 1.82) is 0 Å². The lowest BCUT2D eigenvalue weighted by atomic mass is 10.0. The Hall–Kier alpha value is -0.660. The highest BCUT2D eigenvalue weighted by atomic mass is 15.4. The van der Waals surface area contributed by atoms with Crippen molar-refractivity contribution in [3.63, 3.8) is 0 Å². The molecule has 0 amide bonds. The minimum atomic E-state index is 0.642. The molecule has 1 heterocycles. The number of hydrogen-bond donors (Lipinski definition) is 0. The Morgan fingerprint density at radius 3 is 0.921 bits per heavy atom. The molecule has 0 N–H and O–H groups in total. The highest BCUT2D eigenvalue weighted by molar-refractivity contribution is 4.97. The molecule has 0 saturated heterocycles. The third-order valence-corrected chi connectivity index (χ3v) is 8.82. The summed E-state index contributed by atoms with van der Waals surface area (Å²) in [6.45, 7) is 9.47. The second kappa shape index (κ2) is 27.9. The van der Waals surface area contributed by atoms with Gasteiger partial charge in [-0.1, -0.05) is 175 Å². The van der Waals surface area contributed by atoms with Crippen LogP contribution in [-0.4, -0.2) is 29.1 Å². The van der Waals surface area contributed by atoms with Gasteiger partial charge in [0, 0.05) is 25.5 Å². The van der Waals surface area contributed by atoms with Crippen LogP contribution in [0.1, 0.15) is 201 Å². The summed E-state index contributed by atoms with van der Waals surface area (Å²) in [7, 11) is 0. The first kappa shape index (κ1) is 35.4. The Balaban J connectivity index is 2.18. The van der Waals surface area contributed by atoms with Gasteiger partial charge in [-0.25, -0.2) is 0 Å². The van der Waals surface area contributed by atoms with E-state index in [1.54, 1.807) is 0 Å². The number of hydrogen-bond acceptors (Lipinski definition) is 2. The molecule has 2 nitrogen and oxygen atoms in total. The van der Waals surface area contributed by atoms with Gasteiger partial charge in [0.2, 0.25) is 0 Å². The van der Waals surface area contributed by atoms with Gasteiger partial charge in [0.15, 0.2) is 0 Å². The molecule has 0 aromatic rings. The van der Waals surface area contributed by atoms with Crippen molar-refractivity contribution < 1.29 is 0 Å². The predicted octanol–water partition coefficient (Wildman–Crippen LogP) is 12.4. The average Bonchev–Trinajstić information content (AvgIpc) is 3.31. The predicted molar refractivity (Wildman–Crippen MR) is 173 cm³/mol. The van der Waals surface area contributed by atoms with Crippen molar-refractivity contribution in [1.82, 2.24) is 9.80 Å². The highest BCUT2D eigenvalue weighted by Crippen LogP contribution is 2.24. The fraction of sp³-hybridized carbons (Fsp3) is 0.944. The lowest BCUT2D eigenvalue weighted by Crippen LogP contribution is -2.39. The largest absolute Gasteiger partial charge is 0.356 e. The van der Waals surface area contributed by atoms with Crippen LogP contribution in [0, 0.1) is 0 Å². The molecule has 0 radical (unpaired) electrons. The van der Waals surface area contributed by atoms with Crippen LogP contribution < -0.4 is 0 Å². The van der Waals surface area contributed by atoms with Gasteiger partial charge in [-0.3, -0.25) is 0 Å². The first-order valence-corrected chi connectivity index (χ1v) is 18.0. The second-order valence-electron chi connectivity index (χ2n) is 12.5. The maximum Gasteiger partial charge on any atom is 0.101 e. The first-order valence-electron chi connectivity index (χ1n) is 18.0. The molecule has 0 bridgehead atoms. The van der Waals surface area contributed by atoms with Crippen molar-refractivity contribution in [2.45, 2.75) is 207 Å². The summed E-state index contributed by atoms with van der Waals surface area (Å²) in [5.74, 6) is 0. The monoisotopic (exact) mass is 533 g/mol. The van der Waals surface area contributed by atoms with E-state index in [2.05, 4.69) is 43.0 Å². The van der Waals surface area contributed by atoms with Crippen molar-refractivity contribution in [3.05, 3.63) is 12.4 Å². The van der Waals surface area contributed by atoms with Crippen molar-refractivity contribution in [2.75, 3.05) is 13.1 Å². The number of unbranched alkanes of at least 4 members (excludes halogenated alkanes) is 24. The molecule has 0 aromatic heterocycles. The molecular formula is C36H72N2. The summed E-state index contributed by atoms with van der Waals surface area (Å²) in [5, 5.41) is 0. The van der Waals surface area contributed by atoms with E-state index < -0.39 is 0 Å². The van der Waals surface area contributed by atoms with Gasteiger partial charge in [-0.2, -0.15) is 0 Å². The molecule has 0 aromatic carbocycles. The smallest absolute Gasteiger partial charge is 0.101 e. The third-order valence-electron chi connectivity index (χ3n) is 8.82. The van der Waals surface area contributed by atoms with E-state index in [9.17, 15) is 0 Å². The molecule has 2 heteroatoms.